The number of primary amides is 1. The van der Waals surface area contributed by atoms with E-state index in [9.17, 15) is 14.4 Å². The van der Waals surface area contributed by atoms with Crippen molar-refractivity contribution in [2.75, 3.05) is 0 Å². The van der Waals surface area contributed by atoms with Gasteiger partial charge in [-0.3, -0.25) is 19.1 Å². The van der Waals surface area contributed by atoms with E-state index in [1.807, 2.05) is 6.07 Å². The second kappa shape index (κ2) is 7.69. The van der Waals surface area contributed by atoms with Gasteiger partial charge in [0.2, 0.25) is 5.78 Å². The SMILES string of the molecule is Cn1ncc(C(=O)NC(Cc2ccccc2)C(=O)C(N)=O)c1-c1ccoc1. The van der Waals surface area contributed by atoms with Crippen LogP contribution < -0.4 is 11.1 Å². The van der Waals surface area contributed by atoms with Crippen molar-refractivity contribution in [3.05, 3.63) is 66.2 Å². The maximum atomic E-state index is 12.8. The minimum absolute atomic E-state index is 0.148. The van der Waals surface area contributed by atoms with Crippen LogP contribution in [0.4, 0.5) is 0 Å². The highest BCUT2D eigenvalue weighted by Crippen LogP contribution is 2.23. The molecule has 0 saturated heterocycles. The standard InChI is InChI=1S/C19H18N4O4/c1-23-16(13-7-8-27-11-13)14(10-21-23)19(26)22-15(17(24)18(20)25)9-12-5-3-2-4-6-12/h2-8,10-11,15H,9H2,1H3,(H2,20,25)(H,22,26). The molecule has 1 unspecified atom stereocenters. The smallest absolute Gasteiger partial charge is 0.287 e. The lowest BCUT2D eigenvalue weighted by Gasteiger charge is -2.16. The zero-order chi connectivity index (χ0) is 19.4. The molecule has 0 aliphatic heterocycles. The van der Waals surface area contributed by atoms with Crippen LogP contribution in [0, 0.1) is 0 Å². The summed E-state index contributed by atoms with van der Waals surface area (Å²) in [7, 11) is 1.69. The molecule has 0 aliphatic rings. The van der Waals surface area contributed by atoms with Crippen LogP contribution >= 0.6 is 0 Å². The van der Waals surface area contributed by atoms with Gasteiger partial charge in [0.25, 0.3) is 11.8 Å². The molecule has 27 heavy (non-hydrogen) atoms. The average Bonchev–Trinajstić information content (AvgIpc) is 3.30. The minimum atomic E-state index is -1.10. The molecule has 138 valence electrons. The number of rotatable bonds is 7. The summed E-state index contributed by atoms with van der Waals surface area (Å²) in [6.07, 6.45) is 4.52. The number of carbonyl (C=O) groups is 3. The lowest BCUT2D eigenvalue weighted by Crippen LogP contribution is -2.47. The van der Waals surface area contributed by atoms with Gasteiger partial charge in [0.05, 0.1) is 30.0 Å². The Labute approximate surface area is 155 Å². The predicted molar refractivity (Wildman–Crippen MR) is 96.5 cm³/mol. The number of aryl methyl sites for hydroxylation is 1. The first-order chi connectivity index (χ1) is 13.0. The monoisotopic (exact) mass is 366 g/mol. The molecule has 0 fully saturated rings. The van der Waals surface area contributed by atoms with Gasteiger partial charge >= 0.3 is 0 Å². The molecule has 3 N–H and O–H groups in total. The fraction of sp³-hybridized carbons (Fsp3) is 0.158. The van der Waals surface area contributed by atoms with Crippen LogP contribution in [0.3, 0.4) is 0 Å². The summed E-state index contributed by atoms with van der Waals surface area (Å²) in [4.78, 5) is 36.4. The molecule has 2 aromatic heterocycles. The summed E-state index contributed by atoms with van der Waals surface area (Å²) in [5, 5.41) is 6.71. The highest BCUT2D eigenvalue weighted by atomic mass is 16.3. The number of furan rings is 1. The van der Waals surface area contributed by atoms with Crippen LogP contribution in [0.1, 0.15) is 15.9 Å². The fourth-order valence-corrected chi connectivity index (χ4v) is 2.81. The first kappa shape index (κ1) is 18.1. The number of Topliss-reactive ketones (excluding diaryl/α,β-unsaturated/α-hetero) is 1. The van der Waals surface area contributed by atoms with Gasteiger partial charge in [-0.1, -0.05) is 30.3 Å². The molecule has 0 saturated carbocycles. The van der Waals surface area contributed by atoms with Crippen LogP contribution in [0.5, 0.6) is 0 Å². The summed E-state index contributed by atoms with van der Waals surface area (Å²) < 4.78 is 6.60. The number of nitrogens with zero attached hydrogens (tertiary/aromatic N) is 2. The molecule has 8 nitrogen and oxygen atoms in total. The van der Waals surface area contributed by atoms with Crippen LogP contribution in [0.2, 0.25) is 0 Å². The van der Waals surface area contributed by atoms with E-state index in [0.717, 1.165) is 5.56 Å². The number of benzene rings is 1. The molecule has 1 aromatic carbocycles. The van der Waals surface area contributed by atoms with Crippen molar-refractivity contribution in [1.29, 1.82) is 0 Å². The van der Waals surface area contributed by atoms with E-state index in [1.54, 1.807) is 37.4 Å². The Morgan fingerprint density at radius 1 is 1.22 bits per heavy atom. The van der Waals surface area contributed by atoms with E-state index < -0.39 is 23.6 Å². The largest absolute Gasteiger partial charge is 0.472 e. The number of nitrogens with one attached hydrogen (secondary N) is 1. The lowest BCUT2D eigenvalue weighted by molar-refractivity contribution is -0.137. The van der Waals surface area contributed by atoms with E-state index in [-0.39, 0.29) is 12.0 Å². The summed E-state index contributed by atoms with van der Waals surface area (Å²) in [5.74, 6) is -2.49. The molecule has 3 aromatic rings. The number of aromatic nitrogens is 2. The first-order valence-electron chi connectivity index (χ1n) is 8.20. The van der Waals surface area contributed by atoms with Crippen LogP contribution in [0.25, 0.3) is 11.3 Å². The Morgan fingerprint density at radius 2 is 1.96 bits per heavy atom. The van der Waals surface area contributed by atoms with Crippen molar-refractivity contribution in [3.8, 4) is 11.3 Å². The van der Waals surface area contributed by atoms with Gasteiger partial charge in [-0.2, -0.15) is 5.10 Å². The normalized spacial score (nSPS) is 11.7. The van der Waals surface area contributed by atoms with Crippen molar-refractivity contribution in [3.63, 3.8) is 0 Å². The van der Waals surface area contributed by atoms with Gasteiger partial charge in [-0.05, 0) is 11.6 Å². The second-order valence-corrected chi connectivity index (χ2v) is 5.99. The van der Waals surface area contributed by atoms with Crippen molar-refractivity contribution < 1.29 is 18.8 Å². The van der Waals surface area contributed by atoms with Crippen molar-refractivity contribution >= 4 is 17.6 Å². The van der Waals surface area contributed by atoms with Crippen LogP contribution in [-0.2, 0) is 23.1 Å². The topological polar surface area (TPSA) is 120 Å². The number of hydrogen-bond acceptors (Lipinski definition) is 5. The zero-order valence-corrected chi connectivity index (χ0v) is 14.6. The van der Waals surface area contributed by atoms with Gasteiger partial charge in [0, 0.05) is 19.0 Å². The van der Waals surface area contributed by atoms with Crippen molar-refractivity contribution in [2.45, 2.75) is 12.5 Å². The number of hydrogen-bond donors (Lipinski definition) is 2. The molecule has 1 atom stereocenters. The van der Waals surface area contributed by atoms with E-state index in [4.69, 9.17) is 10.2 Å². The maximum absolute atomic E-state index is 12.8. The molecule has 2 heterocycles. The van der Waals surface area contributed by atoms with Crippen molar-refractivity contribution in [2.24, 2.45) is 12.8 Å². The molecule has 0 bridgehead atoms. The summed E-state index contributed by atoms with van der Waals surface area (Å²) in [6, 6.07) is 9.67. The van der Waals surface area contributed by atoms with Crippen molar-refractivity contribution in [1.82, 2.24) is 15.1 Å². The molecule has 3 rings (SSSR count). The second-order valence-electron chi connectivity index (χ2n) is 5.99. The summed E-state index contributed by atoms with van der Waals surface area (Å²) in [6.45, 7) is 0. The third kappa shape index (κ3) is 3.95. The van der Waals surface area contributed by atoms with Crippen LogP contribution in [-0.4, -0.2) is 33.4 Å². The lowest BCUT2D eigenvalue weighted by atomic mass is 10.0. The molecular formula is C19H18N4O4. The van der Waals surface area contributed by atoms with E-state index >= 15 is 0 Å². The highest BCUT2D eigenvalue weighted by molar-refractivity contribution is 6.38. The van der Waals surface area contributed by atoms with E-state index in [1.165, 1.54) is 23.4 Å². The first-order valence-corrected chi connectivity index (χ1v) is 8.20. The summed E-state index contributed by atoms with van der Waals surface area (Å²) in [5.41, 5.74) is 7.40. The Kier molecular flexibility index (Phi) is 5.16. The maximum Gasteiger partial charge on any atom is 0.287 e. The average molecular weight is 366 g/mol. The minimum Gasteiger partial charge on any atom is -0.472 e. The molecule has 0 aliphatic carbocycles. The van der Waals surface area contributed by atoms with Gasteiger partial charge in [0.1, 0.15) is 6.04 Å². The number of carbonyl (C=O) groups excluding carboxylic acids is 3. The third-order valence-corrected chi connectivity index (χ3v) is 4.13. The molecular weight excluding hydrogens is 348 g/mol. The Bertz CT molecular complexity index is 961. The summed E-state index contributed by atoms with van der Waals surface area (Å²) >= 11 is 0. The number of amides is 2. The van der Waals surface area contributed by atoms with Gasteiger partial charge in [-0.25, -0.2) is 0 Å². The third-order valence-electron chi connectivity index (χ3n) is 4.13. The number of ketones is 1. The van der Waals surface area contributed by atoms with Gasteiger partial charge < -0.3 is 15.5 Å². The van der Waals surface area contributed by atoms with E-state index in [2.05, 4.69) is 10.4 Å². The Hall–Kier alpha value is -3.68. The number of nitrogens with two attached hydrogens (primary N) is 1. The predicted octanol–water partition coefficient (Wildman–Crippen LogP) is 1.08. The Morgan fingerprint density at radius 3 is 2.59 bits per heavy atom. The highest BCUT2D eigenvalue weighted by Gasteiger charge is 2.28. The van der Waals surface area contributed by atoms with E-state index in [0.29, 0.717) is 11.3 Å². The molecule has 0 spiro atoms. The molecule has 0 radical (unpaired) electrons. The van der Waals surface area contributed by atoms with Gasteiger partial charge in [0.15, 0.2) is 0 Å². The molecule has 2 amide bonds. The fourth-order valence-electron chi connectivity index (χ4n) is 2.81. The molecule has 8 heteroatoms. The quantitative estimate of drug-likeness (QED) is 0.606. The Balaban J connectivity index is 1.87. The van der Waals surface area contributed by atoms with Gasteiger partial charge in [-0.15, -0.1) is 0 Å². The zero-order valence-electron chi connectivity index (χ0n) is 14.6. The van der Waals surface area contributed by atoms with Crippen LogP contribution in [0.15, 0.2) is 59.5 Å².